The molecule has 8 nitrogen and oxygen atoms in total. The molecule has 2 N–H and O–H groups in total. The fourth-order valence-electron chi connectivity index (χ4n) is 3.71. The van der Waals surface area contributed by atoms with Crippen molar-refractivity contribution >= 4 is 27.5 Å². The third kappa shape index (κ3) is 3.52. The molecule has 0 saturated carbocycles. The summed E-state index contributed by atoms with van der Waals surface area (Å²) in [6.45, 7) is 1.32. The number of hydrogen-bond acceptors (Lipinski definition) is 5. The maximum absolute atomic E-state index is 13.1. The van der Waals surface area contributed by atoms with Gasteiger partial charge in [0, 0.05) is 30.8 Å². The molecule has 2 aliphatic heterocycles. The smallest absolute Gasteiger partial charge is 0.259 e. The van der Waals surface area contributed by atoms with Gasteiger partial charge in [0.1, 0.15) is 6.04 Å². The Balaban J connectivity index is 1.62. The van der Waals surface area contributed by atoms with Crippen molar-refractivity contribution in [3.8, 4) is 0 Å². The molecule has 2 aromatic carbocycles. The first-order chi connectivity index (χ1) is 13.9. The van der Waals surface area contributed by atoms with Crippen LogP contribution in [0.4, 0.5) is 5.69 Å². The molecule has 4 rings (SSSR count). The molecule has 1 fully saturated rings. The lowest BCUT2D eigenvalue weighted by Crippen LogP contribution is -2.46. The Morgan fingerprint density at radius 2 is 1.66 bits per heavy atom. The Labute approximate surface area is 168 Å². The summed E-state index contributed by atoms with van der Waals surface area (Å²) in [4.78, 5) is 26.5. The topological polar surface area (TPSA) is 110 Å². The van der Waals surface area contributed by atoms with E-state index in [0.717, 1.165) is 5.56 Å². The van der Waals surface area contributed by atoms with E-state index in [1.54, 1.807) is 12.1 Å². The predicted molar refractivity (Wildman–Crippen MR) is 106 cm³/mol. The summed E-state index contributed by atoms with van der Waals surface area (Å²) in [6, 6.07) is 12.3. The Morgan fingerprint density at radius 3 is 2.31 bits per heavy atom. The van der Waals surface area contributed by atoms with Gasteiger partial charge in [-0.3, -0.25) is 14.5 Å². The highest BCUT2D eigenvalue weighted by molar-refractivity contribution is 7.89. The van der Waals surface area contributed by atoms with E-state index >= 15 is 0 Å². The van der Waals surface area contributed by atoms with Gasteiger partial charge in [-0.15, -0.1) is 0 Å². The zero-order valence-electron chi connectivity index (χ0n) is 15.7. The summed E-state index contributed by atoms with van der Waals surface area (Å²) in [7, 11) is -3.64. The number of para-hydroxylation sites is 1. The monoisotopic (exact) mass is 415 g/mol. The van der Waals surface area contributed by atoms with Gasteiger partial charge < -0.3 is 10.5 Å². The number of hydrogen-bond donors (Lipinski definition) is 1. The Morgan fingerprint density at radius 1 is 1.00 bits per heavy atom. The van der Waals surface area contributed by atoms with E-state index < -0.39 is 27.9 Å². The van der Waals surface area contributed by atoms with Crippen molar-refractivity contribution in [2.24, 2.45) is 5.73 Å². The van der Waals surface area contributed by atoms with Gasteiger partial charge in [-0.05, 0) is 35.9 Å². The molecule has 9 heteroatoms. The average Bonchev–Trinajstić information content (AvgIpc) is 3.14. The van der Waals surface area contributed by atoms with Crippen molar-refractivity contribution in [1.29, 1.82) is 0 Å². The van der Waals surface area contributed by atoms with Crippen LogP contribution < -0.4 is 10.6 Å². The zero-order chi connectivity index (χ0) is 20.6. The number of amides is 2. The molecule has 2 heterocycles. The minimum Gasteiger partial charge on any atom is -0.379 e. The standard InChI is InChI=1S/C20H21N3O5S/c21-19(24)18-13-15-3-1-2-4-17(15)23(18)20(25)14-5-7-16(8-6-14)29(26,27)22-9-11-28-12-10-22/h1-8,18H,9-13H2,(H2,21,24)/t18-/m0/s1. The highest BCUT2D eigenvalue weighted by Crippen LogP contribution is 2.33. The summed E-state index contributed by atoms with van der Waals surface area (Å²) < 4.78 is 32.1. The van der Waals surface area contributed by atoms with E-state index in [4.69, 9.17) is 10.5 Å². The van der Waals surface area contributed by atoms with Crippen molar-refractivity contribution in [2.75, 3.05) is 31.2 Å². The van der Waals surface area contributed by atoms with Gasteiger partial charge in [-0.1, -0.05) is 18.2 Å². The van der Waals surface area contributed by atoms with Gasteiger partial charge in [-0.25, -0.2) is 8.42 Å². The van der Waals surface area contributed by atoms with Crippen LogP contribution in [0.5, 0.6) is 0 Å². The van der Waals surface area contributed by atoms with Crippen LogP contribution in [0, 0.1) is 0 Å². The molecule has 1 atom stereocenters. The number of primary amides is 1. The maximum Gasteiger partial charge on any atom is 0.259 e. The molecule has 2 aliphatic rings. The number of nitrogens with two attached hydrogens (primary N) is 1. The van der Waals surface area contributed by atoms with Gasteiger partial charge in [0.2, 0.25) is 15.9 Å². The highest BCUT2D eigenvalue weighted by atomic mass is 32.2. The summed E-state index contributed by atoms with van der Waals surface area (Å²) >= 11 is 0. The lowest BCUT2D eigenvalue weighted by atomic mass is 10.1. The summed E-state index contributed by atoms with van der Waals surface area (Å²) in [5.41, 5.74) is 7.32. The van der Waals surface area contributed by atoms with Crippen molar-refractivity contribution in [2.45, 2.75) is 17.4 Å². The zero-order valence-corrected chi connectivity index (χ0v) is 16.5. The lowest BCUT2D eigenvalue weighted by Gasteiger charge is -2.26. The van der Waals surface area contributed by atoms with Crippen molar-refractivity contribution in [3.63, 3.8) is 0 Å². The number of anilines is 1. The number of rotatable bonds is 4. The lowest BCUT2D eigenvalue weighted by molar-refractivity contribution is -0.119. The number of nitrogens with zero attached hydrogens (tertiary/aromatic N) is 2. The molecule has 2 amide bonds. The number of ether oxygens (including phenoxy) is 1. The fraction of sp³-hybridized carbons (Fsp3) is 0.300. The van der Waals surface area contributed by atoms with Crippen LogP contribution in [0.25, 0.3) is 0 Å². The van der Waals surface area contributed by atoms with E-state index in [1.165, 1.54) is 33.5 Å². The van der Waals surface area contributed by atoms with Gasteiger partial charge in [0.25, 0.3) is 5.91 Å². The Hall–Kier alpha value is -2.75. The quantitative estimate of drug-likeness (QED) is 0.793. The first-order valence-corrected chi connectivity index (χ1v) is 10.7. The van der Waals surface area contributed by atoms with Crippen LogP contribution in [0.2, 0.25) is 0 Å². The van der Waals surface area contributed by atoms with E-state index in [1.807, 2.05) is 12.1 Å². The second-order valence-corrected chi connectivity index (χ2v) is 8.90. The first kappa shape index (κ1) is 19.6. The minimum absolute atomic E-state index is 0.115. The van der Waals surface area contributed by atoms with Gasteiger partial charge >= 0.3 is 0 Å². The minimum atomic E-state index is -3.64. The van der Waals surface area contributed by atoms with Crippen LogP contribution in [0.3, 0.4) is 0 Å². The number of sulfonamides is 1. The summed E-state index contributed by atoms with van der Waals surface area (Å²) in [5, 5.41) is 0. The van der Waals surface area contributed by atoms with Crippen LogP contribution in [-0.4, -0.2) is 56.9 Å². The van der Waals surface area contributed by atoms with Crippen LogP contribution in [0.15, 0.2) is 53.4 Å². The molecule has 0 radical (unpaired) electrons. The number of morpholine rings is 1. The normalized spacial score (nSPS) is 19.7. The van der Waals surface area contributed by atoms with E-state index in [-0.39, 0.29) is 10.5 Å². The molecule has 152 valence electrons. The summed E-state index contributed by atoms with van der Waals surface area (Å²) in [6.07, 6.45) is 0.362. The molecule has 2 aromatic rings. The maximum atomic E-state index is 13.1. The third-order valence-corrected chi connectivity index (χ3v) is 7.15. The van der Waals surface area contributed by atoms with Crippen LogP contribution in [-0.2, 0) is 26.0 Å². The third-order valence-electron chi connectivity index (χ3n) is 5.23. The highest BCUT2D eigenvalue weighted by Gasteiger charge is 2.37. The average molecular weight is 415 g/mol. The van der Waals surface area contributed by atoms with E-state index in [2.05, 4.69) is 0 Å². The number of carbonyl (C=O) groups excluding carboxylic acids is 2. The van der Waals surface area contributed by atoms with Gasteiger partial charge in [-0.2, -0.15) is 4.31 Å². The number of fused-ring (bicyclic) bond motifs is 1. The molecule has 0 bridgehead atoms. The van der Waals surface area contributed by atoms with Gasteiger partial charge in [0.05, 0.1) is 18.1 Å². The molecular formula is C20H21N3O5S. The van der Waals surface area contributed by atoms with Crippen molar-refractivity contribution < 1.29 is 22.7 Å². The van der Waals surface area contributed by atoms with E-state index in [0.29, 0.717) is 38.4 Å². The van der Waals surface area contributed by atoms with Crippen molar-refractivity contribution in [1.82, 2.24) is 4.31 Å². The molecule has 0 spiro atoms. The van der Waals surface area contributed by atoms with Crippen LogP contribution >= 0.6 is 0 Å². The summed E-state index contributed by atoms with van der Waals surface area (Å²) in [5.74, 6) is -0.977. The first-order valence-electron chi connectivity index (χ1n) is 9.28. The second-order valence-electron chi connectivity index (χ2n) is 6.97. The molecule has 29 heavy (non-hydrogen) atoms. The molecule has 0 unspecified atom stereocenters. The molecule has 1 saturated heterocycles. The fourth-order valence-corrected chi connectivity index (χ4v) is 5.12. The predicted octanol–water partition coefficient (Wildman–Crippen LogP) is 0.764. The SMILES string of the molecule is NC(=O)[C@@H]1Cc2ccccc2N1C(=O)c1ccc(S(=O)(=O)N2CCOCC2)cc1. The number of benzene rings is 2. The largest absolute Gasteiger partial charge is 0.379 e. The molecule has 0 aliphatic carbocycles. The van der Waals surface area contributed by atoms with Crippen LogP contribution in [0.1, 0.15) is 15.9 Å². The van der Waals surface area contributed by atoms with Crippen molar-refractivity contribution in [3.05, 3.63) is 59.7 Å². The second kappa shape index (κ2) is 7.58. The van der Waals surface area contributed by atoms with Gasteiger partial charge in [0.15, 0.2) is 0 Å². The number of carbonyl (C=O) groups is 2. The molecule has 0 aromatic heterocycles. The van der Waals surface area contributed by atoms with E-state index in [9.17, 15) is 18.0 Å². The molecular weight excluding hydrogens is 394 g/mol. The Bertz CT molecular complexity index is 1050. The Kier molecular flexibility index (Phi) is 5.12.